The molecule has 0 unspecified atom stereocenters. The summed E-state index contributed by atoms with van der Waals surface area (Å²) in [7, 11) is 0. The maximum Gasteiger partial charge on any atom is 0.417 e. The van der Waals surface area contributed by atoms with Crippen molar-refractivity contribution in [3.8, 4) is 0 Å². The third-order valence-corrected chi connectivity index (χ3v) is 5.78. The van der Waals surface area contributed by atoms with Gasteiger partial charge in [0.1, 0.15) is 5.82 Å². The number of nitrogens with zero attached hydrogens (tertiary/aromatic N) is 3. The highest BCUT2D eigenvalue weighted by Crippen LogP contribution is 2.30. The lowest BCUT2D eigenvalue weighted by atomic mass is 9.93. The molecule has 0 atom stereocenters. The first kappa shape index (κ1) is 18.4. The summed E-state index contributed by atoms with van der Waals surface area (Å²) in [5.74, 6) is 3.21. The van der Waals surface area contributed by atoms with Crippen LogP contribution in [0.15, 0.2) is 18.3 Å². The highest BCUT2D eigenvalue weighted by atomic mass is 32.2. The Morgan fingerprint density at radius 1 is 1.16 bits per heavy atom. The summed E-state index contributed by atoms with van der Waals surface area (Å²) in [6.07, 6.45) is -1.14. The van der Waals surface area contributed by atoms with E-state index < -0.39 is 11.7 Å². The van der Waals surface area contributed by atoms with E-state index in [9.17, 15) is 18.0 Å². The first-order chi connectivity index (χ1) is 11.9. The van der Waals surface area contributed by atoms with Crippen molar-refractivity contribution in [2.75, 3.05) is 42.6 Å². The van der Waals surface area contributed by atoms with Gasteiger partial charge in [-0.15, -0.1) is 0 Å². The molecule has 3 heterocycles. The number of hydrogen-bond donors (Lipinski definition) is 0. The molecule has 0 saturated carbocycles. The number of anilines is 1. The molecule has 2 aliphatic heterocycles. The number of piperidine rings is 1. The summed E-state index contributed by atoms with van der Waals surface area (Å²) < 4.78 is 37.8. The van der Waals surface area contributed by atoms with E-state index in [2.05, 4.69) is 4.98 Å². The van der Waals surface area contributed by atoms with Crippen LogP contribution in [-0.4, -0.2) is 53.5 Å². The second-order valence-corrected chi connectivity index (χ2v) is 7.76. The number of rotatable bonds is 3. The van der Waals surface area contributed by atoms with E-state index in [0.29, 0.717) is 18.2 Å². The third-order valence-electron chi connectivity index (χ3n) is 4.84. The number of aromatic nitrogens is 1. The number of carbonyl (C=O) groups is 1. The van der Waals surface area contributed by atoms with Gasteiger partial charge in [-0.05, 0) is 30.9 Å². The normalized spacial score (nSPS) is 20.0. The molecule has 138 valence electrons. The van der Waals surface area contributed by atoms with Crippen molar-refractivity contribution in [2.24, 2.45) is 5.92 Å². The number of hydrogen-bond acceptors (Lipinski definition) is 4. The summed E-state index contributed by atoms with van der Waals surface area (Å²) in [6, 6.07) is 2.51. The molecule has 0 aromatic carbocycles. The molecule has 2 aliphatic rings. The second-order valence-electron chi connectivity index (χ2n) is 6.53. The lowest BCUT2D eigenvalue weighted by Gasteiger charge is -2.34. The molecule has 2 fully saturated rings. The molecule has 2 saturated heterocycles. The van der Waals surface area contributed by atoms with Gasteiger partial charge in [-0.1, -0.05) is 0 Å². The topological polar surface area (TPSA) is 36.4 Å². The quantitative estimate of drug-likeness (QED) is 0.815. The number of thioether (sulfide) groups is 1. The van der Waals surface area contributed by atoms with Crippen LogP contribution in [-0.2, 0) is 11.0 Å². The van der Waals surface area contributed by atoms with Crippen LogP contribution in [0, 0.1) is 5.92 Å². The number of carbonyl (C=O) groups excluding carboxylic acids is 1. The van der Waals surface area contributed by atoms with E-state index in [0.717, 1.165) is 62.8 Å². The number of alkyl halides is 3. The molecule has 0 bridgehead atoms. The predicted molar refractivity (Wildman–Crippen MR) is 92.7 cm³/mol. The Hall–Kier alpha value is -1.44. The summed E-state index contributed by atoms with van der Waals surface area (Å²) in [5.41, 5.74) is -0.726. The lowest BCUT2D eigenvalue weighted by molar-refractivity contribution is -0.137. The minimum absolute atomic E-state index is 0.242. The van der Waals surface area contributed by atoms with Gasteiger partial charge in [0, 0.05) is 50.3 Å². The second kappa shape index (κ2) is 7.85. The average Bonchev–Trinajstić information content (AvgIpc) is 2.62. The molecule has 0 aliphatic carbocycles. The highest BCUT2D eigenvalue weighted by Gasteiger charge is 2.31. The van der Waals surface area contributed by atoms with Crippen LogP contribution >= 0.6 is 11.8 Å². The van der Waals surface area contributed by atoms with Crippen LogP contribution in [0.4, 0.5) is 19.0 Å². The number of pyridine rings is 1. The predicted octanol–water partition coefficient (Wildman–Crippen LogP) is 3.28. The van der Waals surface area contributed by atoms with Crippen molar-refractivity contribution < 1.29 is 18.0 Å². The zero-order valence-electron chi connectivity index (χ0n) is 14.0. The van der Waals surface area contributed by atoms with Gasteiger partial charge in [0.25, 0.3) is 0 Å². The van der Waals surface area contributed by atoms with Gasteiger partial charge in [-0.3, -0.25) is 4.79 Å². The van der Waals surface area contributed by atoms with Crippen molar-refractivity contribution in [3.63, 3.8) is 0 Å². The third kappa shape index (κ3) is 4.80. The van der Waals surface area contributed by atoms with Gasteiger partial charge < -0.3 is 9.80 Å². The first-order valence-corrected chi connectivity index (χ1v) is 9.72. The Morgan fingerprint density at radius 2 is 1.84 bits per heavy atom. The van der Waals surface area contributed by atoms with E-state index in [1.807, 2.05) is 21.6 Å². The molecule has 8 heteroatoms. The zero-order valence-corrected chi connectivity index (χ0v) is 14.8. The zero-order chi connectivity index (χ0) is 17.9. The number of halogens is 3. The molecule has 0 radical (unpaired) electrons. The van der Waals surface area contributed by atoms with Gasteiger partial charge in [0.2, 0.25) is 5.91 Å². The maximum absolute atomic E-state index is 12.6. The molecule has 1 aromatic rings. The molecular formula is C17H22F3N3OS. The van der Waals surface area contributed by atoms with Crippen LogP contribution in [0.2, 0.25) is 0 Å². The highest BCUT2D eigenvalue weighted by molar-refractivity contribution is 7.99. The fraction of sp³-hybridized carbons (Fsp3) is 0.647. The molecule has 0 spiro atoms. The SMILES string of the molecule is O=C(CC1CCN(c2ccc(C(F)(F)F)cn2)CC1)N1CCSCC1. The Balaban J connectivity index is 1.49. The van der Waals surface area contributed by atoms with E-state index in [1.165, 1.54) is 6.07 Å². The molecule has 25 heavy (non-hydrogen) atoms. The van der Waals surface area contributed by atoms with Crippen molar-refractivity contribution in [1.29, 1.82) is 0 Å². The fourth-order valence-electron chi connectivity index (χ4n) is 3.30. The largest absolute Gasteiger partial charge is 0.417 e. The molecule has 1 amide bonds. The van der Waals surface area contributed by atoms with E-state index in [1.54, 1.807) is 0 Å². The van der Waals surface area contributed by atoms with Crippen LogP contribution in [0.1, 0.15) is 24.8 Å². The van der Waals surface area contributed by atoms with Crippen LogP contribution in [0.25, 0.3) is 0 Å². The van der Waals surface area contributed by atoms with E-state index in [4.69, 9.17) is 0 Å². The summed E-state index contributed by atoms with van der Waals surface area (Å²) in [4.78, 5) is 20.2. The van der Waals surface area contributed by atoms with Crippen molar-refractivity contribution in [3.05, 3.63) is 23.9 Å². The van der Waals surface area contributed by atoms with Gasteiger partial charge in [-0.2, -0.15) is 24.9 Å². The summed E-state index contributed by atoms with van der Waals surface area (Å²) in [6.45, 7) is 3.15. The van der Waals surface area contributed by atoms with Gasteiger partial charge >= 0.3 is 6.18 Å². The molecule has 0 N–H and O–H groups in total. The summed E-state index contributed by atoms with van der Waals surface area (Å²) in [5, 5.41) is 0. The fourth-order valence-corrected chi connectivity index (χ4v) is 4.20. The van der Waals surface area contributed by atoms with Gasteiger partial charge in [0.15, 0.2) is 0 Å². The average molecular weight is 373 g/mol. The maximum atomic E-state index is 12.6. The molecular weight excluding hydrogens is 351 g/mol. The van der Waals surface area contributed by atoms with Crippen molar-refractivity contribution in [1.82, 2.24) is 9.88 Å². The monoisotopic (exact) mass is 373 g/mol. The minimum Gasteiger partial charge on any atom is -0.357 e. The lowest BCUT2D eigenvalue weighted by Crippen LogP contribution is -2.40. The van der Waals surface area contributed by atoms with E-state index in [-0.39, 0.29) is 5.91 Å². The standard InChI is InChI=1S/C17H22F3N3OS/c18-17(19,20)14-1-2-15(21-12-14)22-5-3-13(4-6-22)11-16(24)23-7-9-25-10-8-23/h1-2,12-13H,3-11H2. The molecule has 3 rings (SSSR count). The van der Waals surface area contributed by atoms with Crippen LogP contribution < -0.4 is 4.90 Å². The van der Waals surface area contributed by atoms with Gasteiger partial charge in [-0.25, -0.2) is 4.98 Å². The van der Waals surface area contributed by atoms with Gasteiger partial charge in [0.05, 0.1) is 5.56 Å². The summed E-state index contributed by atoms with van der Waals surface area (Å²) >= 11 is 1.88. The smallest absolute Gasteiger partial charge is 0.357 e. The minimum atomic E-state index is -4.36. The van der Waals surface area contributed by atoms with E-state index >= 15 is 0 Å². The van der Waals surface area contributed by atoms with Crippen LogP contribution in [0.5, 0.6) is 0 Å². The number of amides is 1. The van der Waals surface area contributed by atoms with Crippen LogP contribution in [0.3, 0.4) is 0 Å². The first-order valence-electron chi connectivity index (χ1n) is 8.57. The molecule has 1 aromatic heterocycles. The Kier molecular flexibility index (Phi) is 5.76. The Labute approximate surface area is 149 Å². The molecule has 4 nitrogen and oxygen atoms in total. The Bertz CT molecular complexity index is 580. The van der Waals surface area contributed by atoms with Crippen molar-refractivity contribution in [2.45, 2.75) is 25.4 Å². The Morgan fingerprint density at radius 3 is 2.40 bits per heavy atom. The van der Waals surface area contributed by atoms with Crippen molar-refractivity contribution >= 4 is 23.5 Å².